The van der Waals surface area contributed by atoms with E-state index in [0.717, 1.165) is 19.4 Å². The molecule has 0 aliphatic carbocycles. The fourth-order valence-corrected chi connectivity index (χ4v) is 4.40. The molecule has 0 saturated carbocycles. The first-order chi connectivity index (χ1) is 14.4. The third-order valence-corrected chi connectivity index (χ3v) is 5.67. The molecule has 0 atom stereocenters. The number of H-pyrrole nitrogens is 2. The number of ether oxygens (including phenoxy) is 3. The summed E-state index contributed by atoms with van der Waals surface area (Å²) in [6.07, 6.45) is 0. The van der Waals surface area contributed by atoms with E-state index in [0.29, 0.717) is 36.8 Å². The molecule has 0 amide bonds. The zero-order chi connectivity index (χ0) is 21.7. The van der Waals surface area contributed by atoms with Crippen molar-refractivity contribution in [3.05, 3.63) is 33.5 Å². The van der Waals surface area contributed by atoms with Crippen molar-refractivity contribution < 1.29 is 58.7 Å². The number of hydrogen-bond donors (Lipinski definition) is 3. The molecule has 0 radical (unpaired) electrons. The molecule has 0 aliphatic heterocycles. The molecule has 0 bridgehead atoms. The molecule has 0 fully saturated rings. The number of rotatable bonds is 7. The predicted molar refractivity (Wildman–Crippen MR) is 118 cm³/mol. The summed E-state index contributed by atoms with van der Waals surface area (Å²) in [6.45, 7) is 3.09. The van der Waals surface area contributed by atoms with Crippen LogP contribution in [-0.2, 0) is 27.4 Å². The maximum Gasteiger partial charge on any atom is 1.00 e. The largest absolute Gasteiger partial charge is 1.00 e. The summed E-state index contributed by atoms with van der Waals surface area (Å²) in [5, 5.41) is 10.4. The van der Waals surface area contributed by atoms with Crippen LogP contribution in [0.2, 0.25) is 0 Å². The minimum Gasteiger partial charge on any atom is -0.870 e. The van der Waals surface area contributed by atoms with Gasteiger partial charge in [-0.25, -0.2) is 19.6 Å². The number of aromatic nitrogens is 4. The number of carbonyl (C=O) groups excluding carboxylic acids is 1. The number of hydrogen-bond acceptors (Lipinski definition) is 10. The van der Waals surface area contributed by atoms with Gasteiger partial charge in [0.25, 0.3) is 0 Å². The van der Waals surface area contributed by atoms with E-state index in [1.54, 1.807) is 33.3 Å². The number of nitrogens with one attached hydrogen (secondary N) is 2. The SMILES string of the molecule is CCOC(=O)c1cc2sc(COC)nc2[nH]1.COCc1nc2[nH]c(C(=O)O)cc2s1.O.[Li+].[OH-]. The molecule has 4 heterocycles. The van der Waals surface area contributed by atoms with Gasteiger partial charge in [0, 0.05) is 14.2 Å². The maximum absolute atomic E-state index is 11.4. The Morgan fingerprint density at radius 2 is 1.42 bits per heavy atom. The quantitative estimate of drug-likeness (QED) is 0.222. The topological polar surface area (TPSA) is 201 Å². The van der Waals surface area contributed by atoms with Gasteiger partial charge in [0.05, 0.1) is 29.2 Å². The number of nitrogens with zero attached hydrogens (tertiary/aromatic N) is 2. The van der Waals surface area contributed by atoms with Gasteiger partial charge in [0.1, 0.15) is 32.7 Å². The van der Waals surface area contributed by atoms with Gasteiger partial charge in [-0.2, -0.15) is 0 Å². The van der Waals surface area contributed by atoms with Crippen molar-refractivity contribution in [3.8, 4) is 0 Å². The van der Waals surface area contributed by atoms with Gasteiger partial charge >= 0.3 is 30.8 Å². The van der Waals surface area contributed by atoms with Gasteiger partial charge in [-0.1, -0.05) is 0 Å². The van der Waals surface area contributed by atoms with Crippen LogP contribution in [0.15, 0.2) is 12.1 Å². The molecule has 4 aromatic heterocycles. The van der Waals surface area contributed by atoms with Gasteiger partial charge in [-0.3, -0.25) is 0 Å². The Balaban J connectivity index is 0.000000573. The molecular weight excluding hydrogens is 471 g/mol. The molecule has 12 nitrogen and oxygen atoms in total. The van der Waals surface area contributed by atoms with E-state index in [1.165, 1.54) is 22.7 Å². The number of carboxylic acid groups (broad SMARTS) is 1. The normalized spacial score (nSPS) is 9.91. The molecule has 0 aromatic carbocycles. The van der Waals surface area contributed by atoms with Crippen LogP contribution < -0.4 is 18.9 Å². The molecule has 6 N–H and O–H groups in total. The average Bonchev–Trinajstić information content (AvgIpc) is 3.41. The van der Waals surface area contributed by atoms with E-state index in [4.69, 9.17) is 19.3 Å². The summed E-state index contributed by atoms with van der Waals surface area (Å²) >= 11 is 2.93. The molecule has 176 valence electrons. The number of carboxylic acids is 1. The zero-order valence-corrected chi connectivity index (χ0v) is 20.1. The predicted octanol–water partition coefficient (Wildman–Crippen LogP) is -0.581. The van der Waals surface area contributed by atoms with Gasteiger partial charge < -0.3 is 40.2 Å². The van der Waals surface area contributed by atoms with Crippen LogP contribution in [-0.4, -0.2) is 68.8 Å². The first kappa shape index (κ1) is 30.7. The van der Waals surface area contributed by atoms with E-state index in [2.05, 4.69) is 19.9 Å². The third kappa shape index (κ3) is 7.63. The molecule has 0 unspecified atom stereocenters. The third-order valence-electron chi connectivity index (χ3n) is 3.71. The minimum atomic E-state index is -0.969. The van der Waals surface area contributed by atoms with Crippen LogP contribution in [0.25, 0.3) is 20.7 Å². The van der Waals surface area contributed by atoms with Gasteiger partial charge in [-0.05, 0) is 19.1 Å². The van der Waals surface area contributed by atoms with Crippen LogP contribution in [0.3, 0.4) is 0 Å². The van der Waals surface area contributed by atoms with Crippen LogP contribution in [0.5, 0.6) is 0 Å². The maximum atomic E-state index is 11.4. The van der Waals surface area contributed by atoms with E-state index in [9.17, 15) is 9.59 Å². The Morgan fingerprint density at radius 1 is 0.970 bits per heavy atom. The van der Waals surface area contributed by atoms with Crippen molar-refractivity contribution >= 4 is 55.3 Å². The van der Waals surface area contributed by atoms with E-state index >= 15 is 0 Å². The molecule has 0 saturated heterocycles. The van der Waals surface area contributed by atoms with Crippen molar-refractivity contribution in [2.45, 2.75) is 20.1 Å². The first-order valence-electron chi connectivity index (χ1n) is 8.80. The molecule has 4 rings (SSSR count). The number of esters is 1. The van der Waals surface area contributed by atoms with E-state index in [1.807, 2.05) is 0 Å². The van der Waals surface area contributed by atoms with E-state index in [-0.39, 0.29) is 41.5 Å². The smallest absolute Gasteiger partial charge is 0.870 e. The van der Waals surface area contributed by atoms with Crippen LogP contribution in [0, 0.1) is 0 Å². The summed E-state index contributed by atoms with van der Waals surface area (Å²) in [4.78, 5) is 36.1. The Bertz CT molecular complexity index is 1110. The van der Waals surface area contributed by atoms with Gasteiger partial charge in [0.15, 0.2) is 0 Å². The fraction of sp³-hybridized carbons (Fsp3) is 0.333. The average molecular weight is 494 g/mol. The molecule has 0 aliphatic rings. The Kier molecular flexibility index (Phi) is 13.1. The summed E-state index contributed by atoms with van der Waals surface area (Å²) in [5.41, 5.74) is 1.93. The summed E-state index contributed by atoms with van der Waals surface area (Å²) in [6, 6.07) is 3.33. The number of thiazole rings is 2. The molecule has 33 heavy (non-hydrogen) atoms. The van der Waals surface area contributed by atoms with E-state index < -0.39 is 5.97 Å². The van der Waals surface area contributed by atoms with Crippen LogP contribution >= 0.6 is 22.7 Å². The Labute approximate surface area is 208 Å². The number of aromatic amines is 2. The summed E-state index contributed by atoms with van der Waals surface area (Å²) in [7, 11) is 3.22. The molecular formula is C18H23LiN4O8S2. The number of carbonyl (C=O) groups is 2. The van der Waals surface area contributed by atoms with Crippen LogP contribution in [0.1, 0.15) is 37.9 Å². The number of fused-ring (bicyclic) bond motifs is 2. The standard InChI is InChI=1S/C10H12N2O3S.C8H8N2O3S.Li.2H2O/c1-3-15-10(13)6-4-7-9(11-6)12-8(16-7)5-14-2;1-13-3-6-10-7-5(14-6)2-4(9-7)8(11)12;;;/h4,11H,3,5H2,1-2H3;2,9H,3H2,1H3,(H,11,12);;2*1H2/q;;+1;;/p-1. The second-order valence-corrected chi connectivity index (χ2v) is 8.13. The van der Waals surface area contributed by atoms with Crippen molar-refractivity contribution in [2.75, 3.05) is 20.8 Å². The molecule has 15 heteroatoms. The first-order valence-corrected chi connectivity index (χ1v) is 10.4. The van der Waals surface area contributed by atoms with Crippen molar-refractivity contribution in [1.29, 1.82) is 0 Å². The molecule has 0 spiro atoms. The van der Waals surface area contributed by atoms with Gasteiger partial charge in [0.2, 0.25) is 0 Å². The number of aromatic carboxylic acids is 1. The van der Waals surface area contributed by atoms with Crippen molar-refractivity contribution in [2.24, 2.45) is 0 Å². The summed E-state index contributed by atoms with van der Waals surface area (Å²) < 4.78 is 16.6. The zero-order valence-electron chi connectivity index (χ0n) is 18.4. The van der Waals surface area contributed by atoms with Crippen LogP contribution in [0.4, 0.5) is 0 Å². The minimum absolute atomic E-state index is 0. The molecule has 4 aromatic rings. The Hall–Kier alpha value is -2.28. The van der Waals surface area contributed by atoms with Crippen molar-refractivity contribution in [3.63, 3.8) is 0 Å². The fourth-order valence-electron chi connectivity index (χ4n) is 2.52. The number of methoxy groups -OCH3 is 2. The van der Waals surface area contributed by atoms with Crippen molar-refractivity contribution in [1.82, 2.24) is 19.9 Å². The Morgan fingerprint density at radius 3 is 1.82 bits per heavy atom. The second-order valence-electron chi connectivity index (χ2n) is 5.90. The summed E-state index contributed by atoms with van der Waals surface area (Å²) in [5.74, 6) is -1.32. The monoisotopic (exact) mass is 494 g/mol. The second kappa shape index (κ2) is 14.1. The van der Waals surface area contributed by atoms with Gasteiger partial charge in [-0.15, -0.1) is 22.7 Å².